The Kier molecular flexibility index (Phi) is 8.20. The number of fused-ring (bicyclic) bond motifs is 1. The number of urea groups is 1. The van der Waals surface area contributed by atoms with Crippen LogP contribution < -0.4 is 5.32 Å². The Morgan fingerprint density at radius 3 is 2.63 bits per heavy atom. The first kappa shape index (κ1) is 27.7. The third-order valence-corrected chi connectivity index (χ3v) is 6.97. The van der Waals surface area contributed by atoms with E-state index in [0.717, 1.165) is 22.2 Å². The van der Waals surface area contributed by atoms with E-state index >= 15 is 0 Å². The number of likely N-dealkylation sites (N-methyl/N-ethyl adjacent to an activating group) is 1. The van der Waals surface area contributed by atoms with Crippen molar-refractivity contribution in [1.82, 2.24) is 39.9 Å². The zero-order valence-corrected chi connectivity index (χ0v) is 23.4. The van der Waals surface area contributed by atoms with Crippen LogP contribution in [-0.2, 0) is 9.53 Å². The Balaban J connectivity index is 1.45. The highest BCUT2D eigenvalue weighted by Gasteiger charge is 2.23. The third kappa shape index (κ3) is 5.73. The first-order chi connectivity index (χ1) is 19.9. The van der Waals surface area contributed by atoms with Crippen molar-refractivity contribution in [3.8, 4) is 22.6 Å². The average molecular weight is 556 g/mol. The Morgan fingerprint density at radius 1 is 1.15 bits per heavy atom. The molecule has 4 aromatic rings. The van der Waals surface area contributed by atoms with Gasteiger partial charge in [-0.25, -0.2) is 14.8 Å². The summed E-state index contributed by atoms with van der Waals surface area (Å²) in [6, 6.07) is 3.62. The number of imidazole rings is 1. The van der Waals surface area contributed by atoms with Crippen molar-refractivity contribution in [1.29, 1.82) is 0 Å². The molecule has 41 heavy (non-hydrogen) atoms. The number of H-pyrrole nitrogens is 2. The predicted molar refractivity (Wildman–Crippen MR) is 157 cm³/mol. The van der Waals surface area contributed by atoms with Crippen LogP contribution in [0.1, 0.15) is 25.2 Å². The molecule has 4 aromatic heterocycles. The van der Waals surface area contributed by atoms with Crippen LogP contribution in [0, 0.1) is 6.92 Å². The number of nitrogens with one attached hydrogen (secondary N) is 3. The summed E-state index contributed by atoms with van der Waals surface area (Å²) in [5, 5.41) is 11.1. The van der Waals surface area contributed by atoms with Crippen molar-refractivity contribution in [2.75, 3.05) is 44.7 Å². The molecule has 3 N–H and O–H groups in total. The molecule has 0 atom stereocenters. The average Bonchev–Trinajstić information content (AvgIpc) is 3.59. The van der Waals surface area contributed by atoms with Crippen LogP contribution in [0.5, 0.6) is 0 Å². The lowest BCUT2D eigenvalue weighted by molar-refractivity contribution is -0.124. The largest absolute Gasteiger partial charge is 0.378 e. The van der Waals surface area contributed by atoms with Crippen molar-refractivity contribution in [2.24, 2.45) is 0 Å². The number of amides is 3. The molecule has 1 aliphatic heterocycles. The van der Waals surface area contributed by atoms with Gasteiger partial charge < -0.3 is 24.8 Å². The van der Waals surface area contributed by atoms with Gasteiger partial charge in [-0.2, -0.15) is 5.10 Å². The van der Waals surface area contributed by atoms with Crippen molar-refractivity contribution < 1.29 is 14.3 Å². The molecule has 1 saturated heterocycles. The number of aromatic nitrogens is 6. The van der Waals surface area contributed by atoms with E-state index in [1.807, 2.05) is 32.9 Å². The fourth-order valence-corrected chi connectivity index (χ4v) is 4.76. The van der Waals surface area contributed by atoms with Crippen LogP contribution in [0.25, 0.3) is 39.3 Å². The molecular formula is C29H33N9O3. The minimum atomic E-state index is -0.189. The molecule has 0 saturated carbocycles. The maximum Gasteiger partial charge on any atom is 0.322 e. The van der Waals surface area contributed by atoms with Crippen LogP contribution in [0.2, 0.25) is 0 Å². The Bertz CT molecular complexity index is 1610. The number of anilines is 1. The molecule has 5 heterocycles. The quantitative estimate of drug-likeness (QED) is 0.220. The number of morpholine rings is 1. The topological polar surface area (TPSA) is 145 Å². The summed E-state index contributed by atoms with van der Waals surface area (Å²) in [5.41, 5.74) is 5.08. The Hall–Kier alpha value is -4.84. The van der Waals surface area contributed by atoms with E-state index in [1.165, 1.54) is 0 Å². The van der Waals surface area contributed by atoms with Gasteiger partial charge in [0.2, 0.25) is 0 Å². The van der Waals surface area contributed by atoms with Crippen LogP contribution in [0.15, 0.2) is 49.5 Å². The SMILES string of the molecule is C=C/C=C(/C(=O)N(CC)CC)c1nc(-c2[nH]nc3ncc(-c4cncc(NC(=O)N5CCOCC5)c4)cc23)[nH]c1C. The molecule has 0 radical (unpaired) electrons. The zero-order chi connectivity index (χ0) is 28.9. The minimum Gasteiger partial charge on any atom is -0.378 e. The van der Waals surface area contributed by atoms with E-state index in [-0.39, 0.29) is 11.9 Å². The monoisotopic (exact) mass is 555 g/mol. The maximum atomic E-state index is 13.2. The second-order valence-corrected chi connectivity index (χ2v) is 9.54. The number of nitrogens with zero attached hydrogens (tertiary/aromatic N) is 6. The number of hydrogen-bond donors (Lipinski definition) is 3. The van der Waals surface area contributed by atoms with Crippen LogP contribution >= 0.6 is 0 Å². The number of aromatic amines is 2. The van der Waals surface area contributed by atoms with E-state index in [4.69, 9.17) is 9.72 Å². The summed E-state index contributed by atoms with van der Waals surface area (Å²) in [4.78, 5) is 46.3. The molecule has 0 unspecified atom stereocenters. The fraction of sp³-hybridized carbons (Fsp3) is 0.310. The molecule has 0 aromatic carbocycles. The highest BCUT2D eigenvalue weighted by molar-refractivity contribution is 6.19. The standard InChI is InChI=1S/C29H33N9O3/c1-5-8-22(28(39)37(6-2)7-3)24-18(4)32-27(34-24)25-23-14-20(16-31-26(23)36-35-25)19-13-21(17-30-15-19)33-29(40)38-9-11-41-12-10-38/h5,8,13-17H,1,6-7,9-12H2,2-4H3,(H,32,34)(H,33,40)(H,31,35,36)/b22-8+. The second-order valence-electron chi connectivity index (χ2n) is 9.54. The number of pyridine rings is 2. The first-order valence-corrected chi connectivity index (χ1v) is 13.6. The van der Waals surface area contributed by atoms with Crippen molar-refractivity contribution >= 4 is 34.2 Å². The lowest BCUT2D eigenvalue weighted by atomic mass is 10.1. The molecule has 1 fully saturated rings. The first-order valence-electron chi connectivity index (χ1n) is 13.6. The van der Waals surface area contributed by atoms with E-state index in [0.29, 0.717) is 73.5 Å². The van der Waals surface area contributed by atoms with Gasteiger partial charge in [-0.1, -0.05) is 12.7 Å². The smallest absolute Gasteiger partial charge is 0.322 e. The summed E-state index contributed by atoms with van der Waals surface area (Å²) < 4.78 is 5.33. The van der Waals surface area contributed by atoms with Gasteiger partial charge in [-0.15, -0.1) is 0 Å². The van der Waals surface area contributed by atoms with Crippen LogP contribution in [0.3, 0.4) is 0 Å². The molecule has 0 aliphatic carbocycles. The number of carbonyl (C=O) groups excluding carboxylic acids is 2. The summed E-state index contributed by atoms with van der Waals surface area (Å²) >= 11 is 0. The number of allylic oxidation sites excluding steroid dienone is 2. The molecule has 12 nitrogen and oxygen atoms in total. The lowest BCUT2D eigenvalue weighted by Gasteiger charge is -2.26. The predicted octanol–water partition coefficient (Wildman–Crippen LogP) is 4.02. The van der Waals surface area contributed by atoms with Gasteiger partial charge >= 0.3 is 6.03 Å². The fourth-order valence-electron chi connectivity index (χ4n) is 4.76. The number of aryl methyl sites for hydroxylation is 1. The molecule has 212 valence electrons. The summed E-state index contributed by atoms with van der Waals surface area (Å²) in [6.07, 6.45) is 8.32. The van der Waals surface area contributed by atoms with E-state index in [9.17, 15) is 9.59 Å². The number of hydrogen-bond acceptors (Lipinski definition) is 7. The van der Waals surface area contributed by atoms with Gasteiger partial charge in [-0.05, 0) is 39.0 Å². The minimum absolute atomic E-state index is 0.109. The van der Waals surface area contributed by atoms with Gasteiger partial charge in [-0.3, -0.25) is 14.9 Å². The molecule has 0 spiro atoms. The van der Waals surface area contributed by atoms with Gasteiger partial charge in [0.05, 0.1) is 41.8 Å². The van der Waals surface area contributed by atoms with E-state index < -0.39 is 0 Å². The van der Waals surface area contributed by atoms with Crippen molar-refractivity contribution in [2.45, 2.75) is 20.8 Å². The van der Waals surface area contributed by atoms with Crippen molar-refractivity contribution in [3.05, 3.63) is 60.8 Å². The third-order valence-electron chi connectivity index (χ3n) is 6.97. The second kappa shape index (κ2) is 12.1. The Labute approximate surface area is 237 Å². The zero-order valence-electron chi connectivity index (χ0n) is 23.4. The normalized spacial score (nSPS) is 13.8. The molecule has 12 heteroatoms. The Morgan fingerprint density at radius 2 is 1.90 bits per heavy atom. The van der Waals surface area contributed by atoms with Gasteiger partial charge in [0.25, 0.3) is 5.91 Å². The maximum absolute atomic E-state index is 13.2. The molecule has 5 rings (SSSR count). The van der Waals surface area contributed by atoms with E-state index in [2.05, 4.69) is 37.0 Å². The number of rotatable bonds is 8. The summed E-state index contributed by atoms with van der Waals surface area (Å²) in [5.74, 6) is 0.425. The number of ether oxygens (including phenoxy) is 1. The van der Waals surface area contributed by atoms with Gasteiger partial charge in [0.15, 0.2) is 11.5 Å². The van der Waals surface area contributed by atoms with E-state index in [1.54, 1.807) is 40.5 Å². The summed E-state index contributed by atoms with van der Waals surface area (Å²) in [6.45, 7) is 12.9. The van der Waals surface area contributed by atoms with Crippen LogP contribution in [0.4, 0.5) is 10.5 Å². The molecule has 1 aliphatic rings. The lowest BCUT2D eigenvalue weighted by Crippen LogP contribution is -2.43. The highest BCUT2D eigenvalue weighted by Crippen LogP contribution is 2.30. The molecular weight excluding hydrogens is 522 g/mol. The molecule has 0 bridgehead atoms. The number of carbonyl (C=O) groups is 2. The van der Waals surface area contributed by atoms with Gasteiger partial charge in [0.1, 0.15) is 5.69 Å². The van der Waals surface area contributed by atoms with Crippen LogP contribution in [-0.4, -0.2) is 91.3 Å². The van der Waals surface area contributed by atoms with Gasteiger partial charge in [0, 0.05) is 55.4 Å². The summed E-state index contributed by atoms with van der Waals surface area (Å²) in [7, 11) is 0. The van der Waals surface area contributed by atoms with Crippen molar-refractivity contribution in [3.63, 3.8) is 0 Å². The highest BCUT2D eigenvalue weighted by atomic mass is 16.5. The molecule has 3 amide bonds.